The Bertz CT molecular complexity index is 215. The number of aliphatic hydroxyl groups is 1. The fraction of sp³-hybridized carbons (Fsp3) is 0.556. The highest BCUT2D eigenvalue weighted by molar-refractivity contribution is 5.21. The van der Waals surface area contributed by atoms with Gasteiger partial charge in [0, 0.05) is 0 Å². The lowest BCUT2D eigenvalue weighted by atomic mass is 10.1. The molecule has 2 atom stereocenters. The maximum atomic E-state index is 9.34. The maximum absolute atomic E-state index is 9.34. The molecule has 1 rings (SSSR count). The van der Waals surface area contributed by atoms with Gasteiger partial charge in [0.25, 0.3) is 0 Å². The highest BCUT2D eigenvalue weighted by Crippen LogP contribution is 2.29. The summed E-state index contributed by atoms with van der Waals surface area (Å²) >= 11 is 0. The Morgan fingerprint density at radius 1 is 1.73 bits per heavy atom. The molecule has 0 saturated carbocycles. The summed E-state index contributed by atoms with van der Waals surface area (Å²) in [6, 6.07) is 0. The van der Waals surface area contributed by atoms with E-state index in [1.807, 2.05) is 19.9 Å². The van der Waals surface area contributed by atoms with Gasteiger partial charge in [-0.3, -0.25) is 0 Å². The molecule has 2 nitrogen and oxygen atoms in total. The Morgan fingerprint density at radius 3 is 2.82 bits per heavy atom. The Kier molecular flexibility index (Phi) is 2.33. The molecular weight excluding hydrogens is 140 g/mol. The van der Waals surface area contributed by atoms with Crippen molar-refractivity contribution in [3.8, 4) is 11.8 Å². The molecule has 1 fully saturated rings. The van der Waals surface area contributed by atoms with Crippen LogP contribution in [0.5, 0.6) is 0 Å². The normalized spacial score (nSPS) is 31.2. The molecule has 0 aromatic carbocycles. The predicted octanol–water partition coefficient (Wildman–Crippen LogP) is 0.716. The van der Waals surface area contributed by atoms with E-state index < -0.39 is 11.7 Å². The van der Waals surface area contributed by atoms with Gasteiger partial charge in [-0.2, -0.15) is 0 Å². The van der Waals surface area contributed by atoms with Gasteiger partial charge >= 0.3 is 0 Å². The van der Waals surface area contributed by atoms with Crippen LogP contribution in [0.4, 0.5) is 0 Å². The zero-order valence-corrected chi connectivity index (χ0v) is 6.79. The lowest BCUT2D eigenvalue weighted by Gasteiger charge is -2.05. The van der Waals surface area contributed by atoms with Crippen LogP contribution in [0.1, 0.15) is 13.8 Å². The van der Waals surface area contributed by atoms with Gasteiger partial charge in [-0.25, -0.2) is 0 Å². The highest BCUT2D eigenvalue weighted by atomic mass is 16.6. The molecule has 1 saturated heterocycles. The van der Waals surface area contributed by atoms with Crippen LogP contribution in [0.2, 0.25) is 0 Å². The minimum Gasteiger partial charge on any atom is -0.377 e. The van der Waals surface area contributed by atoms with Crippen molar-refractivity contribution in [2.24, 2.45) is 0 Å². The molecule has 1 N–H and O–H groups in total. The number of hydrogen-bond acceptors (Lipinski definition) is 2. The van der Waals surface area contributed by atoms with E-state index in [1.165, 1.54) is 0 Å². The first kappa shape index (κ1) is 8.32. The second kappa shape index (κ2) is 3.08. The molecule has 0 bridgehead atoms. The summed E-state index contributed by atoms with van der Waals surface area (Å²) in [6.45, 7) is 4.34. The predicted molar refractivity (Wildman–Crippen MR) is 43.0 cm³/mol. The first-order valence-corrected chi connectivity index (χ1v) is 3.63. The molecule has 1 aliphatic heterocycles. The zero-order valence-electron chi connectivity index (χ0n) is 6.79. The third kappa shape index (κ3) is 2.07. The number of epoxide rings is 1. The molecule has 0 aromatic heterocycles. The molecule has 2 heteroatoms. The van der Waals surface area contributed by atoms with Crippen molar-refractivity contribution in [2.75, 3.05) is 6.61 Å². The van der Waals surface area contributed by atoms with Crippen molar-refractivity contribution < 1.29 is 9.84 Å². The third-order valence-corrected chi connectivity index (χ3v) is 1.65. The number of hydrogen-bond donors (Lipinski definition) is 1. The Morgan fingerprint density at radius 2 is 2.36 bits per heavy atom. The minimum absolute atomic E-state index is 0.394. The number of rotatable bonds is 1. The van der Waals surface area contributed by atoms with Crippen molar-refractivity contribution in [1.29, 1.82) is 0 Å². The van der Waals surface area contributed by atoms with Gasteiger partial charge in [-0.05, 0) is 19.9 Å². The van der Waals surface area contributed by atoms with Gasteiger partial charge < -0.3 is 9.84 Å². The molecule has 0 spiro atoms. The summed E-state index contributed by atoms with van der Waals surface area (Å²) in [5.41, 5.74) is -0.394. The van der Waals surface area contributed by atoms with Crippen LogP contribution in [-0.4, -0.2) is 23.4 Å². The maximum Gasteiger partial charge on any atom is 0.145 e. The van der Waals surface area contributed by atoms with Crippen LogP contribution in [0.25, 0.3) is 0 Å². The van der Waals surface area contributed by atoms with Crippen LogP contribution in [0.15, 0.2) is 12.2 Å². The SMILES string of the molecule is C/C=C/C#C[C@@H](O)[C@]1(C)CO1. The Labute approximate surface area is 66.9 Å². The van der Waals surface area contributed by atoms with E-state index in [9.17, 15) is 5.11 Å². The van der Waals surface area contributed by atoms with Crippen molar-refractivity contribution in [3.63, 3.8) is 0 Å². The summed E-state index contributed by atoms with van der Waals surface area (Å²) in [7, 11) is 0. The van der Waals surface area contributed by atoms with Crippen molar-refractivity contribution >= 4 is 0 Å². The lowest BCUT2D eigenvalue weighted by Crippen LogP contribution is -2.24. The fourth-order valence-electron chi connectivity index (χ4n) is 0.635. The lowest BCUT2D eigenvalue weighted by molar-refractivity contribution is 0.131. The highest BCUT2D eigenvalue weighted by Gasteiger charge is 2.45. The van der Waals surface area contributed by atoms with E-state index in [-0.39, 0.29) is 0 Å². The van der Waals surface area contributed by atoms with Gasteiger partial charge in [-0.15, -0.1) is 0 Å². The zero-order chi connectivity index (χ0) is 8.32. The first-order chi connectivity index (χ1) is 5.19. The molecule has 0 aromatic rings. The summed E-state index contributed by atoms with van der Waals surface area (Å²) in [5.74, 6) is 5.40. The largest absolute Gasteiger partial charge is 0.377 e. The van der Waals surface area contributed by atoms with Crippen LogP contribution in [0.3, 0.4) is 0 Å². The van der Waals surface area contributed by atoms with Crippen LogP contribution in [-0.2, 0) is 4.74 Å². The molecule has 11 heavy (non-hydrogen) atoms. The molecule has 0 aliphatic carbocycles. The molecule has 0 radical (unpaired) electrons. The first-order valence-electron chi connectivity index (χ1n) is 3.63. The number of aliphatic hydroxyl groups excluding tert-OH is 1. The van der Waals surface area contributed by atoms with E-state index in [1.54, 1.807) is 6.08 Å². The van der Waals surface area contributed by atoms with Crippen LogP contribution in [0, 0.1) is 11.8 Å². The summed E-state index contributed by atoms with van der Waals surface area (Å²) < 4.78 is 5.01. The van der Waals surface area contributed by atoms with Gasteiger partial charge in [0.1, 0.15) is 11.7 Å². The van der Waals surface area contributed by atoms with Gasteiger partial charge in [-0.1, -0.05) is 17.9 Å². The number of ether oxygens (including phenoxy) is 1. The topological polar surface area (TPSA) is 32.8 Å². The molecule has 1 aliphatic rings. The second-order valence-electron chi connectivity index (χ2n) is 2.79. The Balaban J connectivity index is 2.44. The fourth-order valence-corrected chi connectivity index (χ4v) is 0.635. The number of allylic oxidation sites excluding steroid dienone is 2. The van der Waals surface area contributed by atoms with Gasteiger partial charge in [0.05, 0.1) is 6.61 Å². The molecule has 60 valence electrons. The van der Waals surface area contributed by atoms with Crippen molar-refractivity contribution in [1.82, 2.24) is 0 Å². The molecule has 1 heterocycles. The standard InChI is InChI=1S/C9H12O2/c1-3-4-5-6-8(10)9(2)7-11-9/h3-4,8,10H,7H2,1-2H3/b4-3+/t8-,9+/m1/s1. The van der Waals surface area contributed by atoms with E-state index in [0.29, 0.717) is 6.61 Å². The second-order valence-corrected chi connectivity index (χ2v) is 2.79. The summed E-state index contributed by atoms with van der Waals surface area (Å²) in [4.78, 5) is 0. The average molecular weight is 152 g/mol. The minimum atomic E-state index is -0.654. The summed E-state index contributed by atoms with van der Waals surface area (Å²) in [6.07, 6.45) is 2.88. The van der Waals surface area contributed by atoms with Crippen LogP contribution >= 0.6 is 0 Å². The average Bonchev–Trinajstić information content (AvgIpc) is 2.70. The van der Waals surface area contributed by atoms with Crippen LogP contribution < -0.4 is 0 Å². The van der Waals surface area contributed by atoms with E-state index in [0.717, 1.165) is 0 Å². The van der Waals surface area contributed by atoms with Gasteiger partial charge in [0.15, 0.2) is 0 Å². The molecule has 0 unspecified atom stereocenters. The molecular formula is C9H12O2. The van der Waals surface area contributed by atoms with Crippen molar-refractivity contribution in [2.45, 2.75) is 25.6 Å². The smallest absolute Gasteiger partial charge is 0.145 e. The molecule has 0 amide bonds. The van der Waals surface area contributed by atoms with Gasteiger partial charge in [0.2, 0.25) is 0 Å². The van der Waals surface area contributed by atoms with E-state index in [4.69, 9.17) is 4.74 Å². The third-order valence-electron chi connectivity index (χ3n) is 1.65. The van der Waals surface area contributed by atoms with Crippen molar-refractivity contribution in [3.05, 3.63) is 12.2 Å². The van der Waals surface area contributed by atoms with E-state index >= 15 is 0 Å². The monoisotopic (exact) mass is 152 g/mol. The Hall–Kier alpha value is -0.780. The van der Waals surface area contributed by atoms with E-state index in [2.05, 4.69) is 11.8 Å². The quantitative estimate of drug-likeness (QED) is 0.443. The summed E-state index contributed by atoms with van der Waals surface area (Å²) in [5, 5.41) is 9.34.